The van der Waals surface area contributed by atoms with E-state index >= 15 is 0 Å². The van der Waals surface area contributed by atoms with Crippen LogP contribution in [0.3, 0.4) is 0 Å². The fraction of sp³-hybridized carbons (Fsp3) is 0. The van der Waals surface area contributed by atoms with Crippen molar-refractivity contribution in [2.75, 3.05) is 5.73 Å². The Hall–Kier alpha value is -2.30. The van der Waals surface area contributed by atoms with Gasteiger partial charge in [0.1, 0.15) is 0 Å². The predicted molar refractivity (Wildman–Crippen MR) is 54.9 cm³/mol. The van der Waals surface area contributed by atoms with Gasteiger partial charge in [-0.2, -0.15) is 0 Å². The van der Waals surface area contributed by atoms with Crippen molar-refractivity contribution < 1.29 is 9.90 Å². The monoisotopic (exact) mass is 203 g/mol. The van der Waals surface area contributed by atoms with E-state index in [0.29, 0.717) is 11.4 Å². The van der Waals surface area contributed by atoms with E-state index in [1.54, 1.807) is 29.1 Å². The normalized spacial score (nSPS) is 10.1. The third-order valence-corrected chi connectivity index (χ3v) is 2.03. The molecular formula is C10H9N3O2. The second kappa shape index (κ2) is 3.45. The standard InChI is InChI=1S/C10H9N3O2/c11-7-1-2-8(10(14)15)9(5-7)13-4-3-12-6-13/h1-6H,11H2,(H,14,15). The van der Waals surface area contributed by atoms with Crippen molar-refractivity contribution >= 4 is 11.7 Å². The number of rotatable bonds is 2. The molecule has 0 amide bonds. The molecule has 0 saturated heterocycles. The molecule has 3 N–H and O–H groups in total. The number of carboxylic acid groups (broad SMARTS) is 1. The lowest BCUT2D eigenvalue weighted by Gasteiger charge is -2.07. The Bertz CT molecular complexity index is 491. The van der Waals surface area contributed by atoms with E-state index in [0.717, 1.165) is 0 Å². The van der Waals surface area contributed by atoms with Gasteiger partial charge in [-0.15, -0.1) is 0 Å². The maximum absolute atomic E-state index is 11.0. The summed E-state index contributed by atoms with van der Waals surface area (Å²) in [7, 11) is 0. The number of imidazole rings is 1. The van der Waals surface area contributed by atoms with E-state index in [1.807, 2.05) is 0 Å². The number of hydrogen-bond donors (Lipinski definition) is 2. The first kappa shape index (κ1) is 9.26. The third-order valence-electron chi connectivity index (χ3n) is 2.03. The number of nitrogens with zero attached hydrogens (tertiary/aromatic N) is 2. The third kappa shape index (κ3) is 1.67. The summed E-state index contributed by atoms with van der Waals surface area (Å²) < 4.78 is 1.61. The number of aromatic nitrogens is 2. The maximum Gasteiger partial charge on any atom is 0.337 e. The largest absolute Gasteiger partial charge is 0.478 e. The number of hydrogen-bond acceptors (Lipinski definition) is 3. The minimum absolute atomic E-state index is 0.196. The summed E-state index contributed by atoms with van der Waals surface area (Å²) in [5, 5.41) is 8.98. The minimum Gasteiger partial charge on any atom is -0.478 e. The first-order valence-corrected chi connectivity index (χ1v) is 4.29. The van der Waals surface area contributed by atoms with Gasteiger partial charge in [0.25, 0.3) is 0 Å². The summed E-state index contributed by atoms with van der Waals surface area (Å²) in [5.74, 6) is -0.987. The molecule has 0 aliphatic carbocycles. The Kier molecular flexibility index (Phi) is 2.13. The van der Waals surface area contributed by atoms with Gasteiger partial charge in [0.2, 0.25) is 0 Å². The summed E-state index contributed by atoms with van der Waals surface area (Å²) in [5.41, 5.74) is 6.83. The SMILES string of the molecule is Nc1ccc(C(=O)O)c(-n2ccnc2)c1. The fourth-order valence-corrected chi connectivity index (χ4v) is 1.34. The van der Waals surface area contributed by atoms with E-state index in [-0.39, 0.29) is 5.56 Å². The Morgan fingerprint density at radius 1 is 1.47 bits per heavy atom. The summed E-state index contributed by atoms with van der Waals surface area (Å²) in [6, 6.07) is 4.64. The molecule has 1 aromatic carbocycles. The lowest BCUT2D eigenvalue weighted by Crippen LogP contribution is -2.05. The number of carbonyl (C=O) groups is 1. The zero-order chi connectivity index (χ0) is 10.8. The van der Waals surface area contributed by atoms with Crippen LogP contribution in [0.15, 0.2) is 36.9 Å². The molecule has 1 heterocycles. The van der Waals surface area contributed by atoms with E-state index in [1.165, 1.54) is 12.4 Å². The fourth-order valence-electron chi connectivity index (χ4n) is 1.34. The van der Waals surface area contributed by atoms with Crippen LogP contribution in [0, 0.1) is 0 Å². The molecule has 0 radical (unpaired) electrons. The van der Waals surface area contributed by atoms with Gasteiger partial charge in [-0.3, -0.25) is 0 Å². The lowest BCUT2D eigenvalue weighted by atomic mass is 10.1. The number of anilines is 1. The van der Waals surface area contributed by atoms with Crippen LogP contribution in [0.5, 0.6) is 0 Å². The second-order valence-electron chi connectivity index (χ2n) is 3.05. The smallest absolute Gasteiger partial charge is 0.337 e. The summed E-state index contributed by atoms with van der Waals surface area (Å²) in [4.78, 5) is 14.8. The number of benzene rings is 1. The molecule has 2 rings (SSSR count). The Morgan fingerprint density at radius 3 is 2.87 bits per heavy atom. The van der Waals surface area contributed by atoms with Crippen LogP contribution >= 0.6 is 0 Å². The number of carboxylic acids is 1. The Balaban J connectivity index is 2.63. The zero-order valence-corrected chi connectivity index (χ0v) is 7.79. The minimum atomic E-state index is -0.987. The van der Waals surface area contributed by atoms with Crippen LogP contribution in [0.25, 0.3) is 5.69 Å². The number of nitrogens with two attached hydrogens (primary N) is 1. The van der Waals surface area contributed by atoms with Gasteiger partial charge in [-0.05, 0) is 18.2 Å². The molecule has 1 aromatic heterocycles. The first-order valence-electron chi connectivity index (χ1n) is 4.29. The van der Waals surface area contributed by atoms with E-state index in [4.69, 9.17) is 10.8 Å². The summed E-state index contributed by atoms with van der Waals surface area (Å²) >= 11 is 0. The van der Waals surface area contributed by atoms with Gasteiger partial charge in [0.05, 0.1) is 17.6 Å². The van der Waals surface area contributed by atoms with E-state index in [9.17, 15) is 4.79 Å². The van der Waals surface area contributed by atoms with Crippen molar-refractivity contribution in [2.24, 2.45) is 0 Å². The van der Waals surface area contributed by atoms with Crippen molar-refractivity contribution in [3.05, 3.63) is 42.5 Å². The highest BCUT2D eigenvalue weighted by Gasteiger charge is 2.11. The lowest BCUT2D eigenvalue weighted by molar-refractivity contribution is 0.0697. The van der Waals surface area contributed by atoms with Crippen LogP contribution in [0.1, 0.15) is 10.4 Å². The molecule has 0 atom stereocenters. The highest BCUT2D eigenvalue weighted by atomic mass is 16.4. The first-order chi connectivity index (χ1) is 7.18. The predicted octanol–water partition coefficient (Wildman–Crippen LogP) is 1.15. The van der Waals surface area contributed by atoms with Crippen molar-refractivity contribution in [1.29, 1.82) is 0 Å². The molecule has 0 aliphatic rings. The molecule has 2 aromatic rings. The van der Waals surface area contributed by atoms with Crippen LogP contribution < -0.4 is 5.73 Å². The topological polar surface area (TPSA) is 81.1 Å². The number of aromatic carboxylic acids is 1. The Labute approximate surface area is 85.8 Å². The van der Waals surface area contributed by atoms with E-state index < -0.39 is 5.97 Å². The molecule has 15 heavy (non-hydrogen) atoms. The molecular weight excluding hydrogens is 194 g/mol. The highest BCUT2D eigenvalue weighted by molar-refractivity contribution is 5.92. The highest BCUT2D eigenvalue weighted by Crippen LogP contribution is 2.17. The average Bonchev–Trinajstić information content (AvgIpc) is 2.69. The van der Waals surface area contributed by atoms with Crippen LogP contribution in [-0.4, -0.2) is 20.6 Å². The molecule has 0 spiro atoms. The van der Waals surface area contributed by atoms with Crippen molar-refractivity contribution in [3.8, 4) is 5.69 Å². The molecule has 0 aliphatic heterocycles. The van der Waals surface area contributed by atoms with Gasteiger partial charge in [0.15, 0.2) is 0 Å². The molecule has 0 fully saturated rings. The van der Waals surface area contributed by atoms with Crippen LogP contribution in [0.2, 0.25) is 0 Å². The van der Waals surface area contributed by atoms with Gasteiger partial charge < -0.3 is 15.4 Å². The maximum atomic E-state index is 11.0. The summed E-state index contributed by atoms with van der Waals surface area (Å²) in [6.45, 7) is 0. The Morgan fingerprint density at radius 2 is 2.27 bits per heavy atom. The molecule has 0 unspecified atom stereocenters. The zero-order valence-electron chi connectivity index (χ0n) is 7.79. The van der Waals surface area contributed by atoms with Gasteiger partial charge in [-0.1, -0.05) is 0 Å². The molecule has 5 heteroatoms. The molecule has 76 valence electrons. The quantitative estimate of drug-likeness (QED) is 0.717. The van der Waals surface area contributed by atoms with Crippen molar-refractivity contribution in [3.63, 3.8) is 0 Å². The summed E-state index contributed by atoms with van der Waals surface area (Å²) in [6.07, 6.45) is 4.78. The van der Waals surface area contributed by atoms with Gasteiger partial charge >= 0.3 is 5.97 Å². The van der Waals surface area contributed by atoms with Crippen molar-refractivity contribution in [2.45, 2.75) is 0 Å². The molecule has 0 saturated carbocycles. The average molecular weight is 203 g/mol. The van der Waals surface area contributed by atoms with Crippen LogP contribution in [-0.2, 0) is 0 Å². The van der Waals surface area contributed by atoms with Crippen LogP contribution in [0.4, 0.5) is 5.69 Å². The van der Waals surface area contributed by atoms with E-state index in [2.05, 4.69) is 4.98 Å². The molecule has 0 bridgehead atoms. The van der Waals surface area contributed by atoms with Crippen molar-refractivity contribution in [1.82, 2.24) is 9.55 Å². The van der Waals surface area contributed by atoms with Gasteiger partial charge in [-0.25, -0.2) is 9.78 Å². The molecule has 5 nitrogen and oxygen atoms in total. The number of nitrogen functional groups attached to an aromatic ring is 1. The second-order valence-corrected chi connectivity index (χ2v) is 3.05. The van der Waals surface area contributed by atoms with Gasteiger partial charge in [0, 0.05) is 18.1 Å².